The number of nitrogens with one attached hydrogen (secondary N) is 2. The Hall–Kier alpha value is -2.45. The number of carbonyl (C=O) groups is 2. The number of piperidine rings is 1. The summed E-state index contributed by atoms with van der Waals surface area (Å²) >= 11 is 12.1. The smallest absolute Gasteiger partial charge is 0.257 e. The van der Waals surface area contributed by atoms with Crippen molar-refractivity contribution >= 4 is 62.5 Å². The third-order valence-electron chi connectivity index (χ3n) is 6.09. The number of amides is 2. The predicted molar refractivity (Wildman–Crippen MR) is 142 cm³/mol. The fourth-order valence-electron chi connectivity index (χ4n) is 4.24. The molecule has 1 aliphatic heterocycles. The molecule has 9 heteroatoms. The van der Waals surface area contributed by atoms with E-state index in [1.54, 1.807) is 24.3 Å². The van der Waals surface area contributed by atoms with E-state index in [1.807, 2.05) is 36.1 Å². The van der Waals surface area contributed by atoms with E-state index in [1.165, 1.54) is 6.07 Å². The average molecular weight is 532 g/mol. The van der Waals surface area contributed by atoms with Gasteiger partial charge in [0.15, 0.2) is 0 Å². The molecule has 3 aromatic carbocycles. The summed E-state index contributed by atoms with van der Waals surface area (Å²) in [5, 5.41) is 5.19. The van der Waals surface area contributed by atoms with Crippen molar-refractivity contribution < 1.29 is 13.8 Å². The van der Waals surface area contributed by atoms with E-state index in [0.29, 0.717) is 40.7 Å². The number of nitrogens with zero attached hydrogens (tertiary/aromatic N) is 1. The Bertz CT molecular complexity index is 1280. The van der Waals surface area contributed by atoms with Gasteiger partial charge in [0.05, 0.1) is 15.5 Å². The molecule has 3 aromatic rings. The minimum atomic E-state index is -1.45. The highest BCUT2D eigenvalue weighted by Crippen LogP contribution is 2.30. The van der Waals surface area contributed by atoms with Crippen LogP contribution in [-0.2, 0) is 15.8 Å². The molecule has 4 rings (SSSR count). The Labute approximate surface area is 217 Å². The van der Waals surface area contributed by atoms with Crippen molar-refractivity contribution in [3.8, 4) is 0 Å². The first-order valence-corrected chi connectivity index (χ1v) is 13.5. The van der Waals surface area contributed by atoms with Crippen LogP contribution >= 0.6 is 23.2 Å². The second kappa shape index (κ2) is 11.5. The van der Waals surface area contributed by atoms with Crippen LogP contribution in [0.4, 0.5) is 5.69 Å². The highest BCUT2D eigenvalue weighted by atomic mass is 35.5. The van der Waals surface area contributed by atoms with Crippen molar-refractivity contribution in [3.63, 3.8) is 0 Å². The molecule has 6 nitrogen and oxygen atoms in total. The van der Waals surface area contributed by atoms with Gasteiger partial charge < -0.3 is 10.2 Å². The lowest BCUT2D eigenvalue weighted by Crippen LogP contribution is -2.45. The van der Waals surface area contributed by atoms with Gasteiger partial charge in [0.2, 0.25) is 5.91 Å². The van der Waals surface area contributed by atoms with Crippen LogP contribution in [0, 0.1) is 0 Å². The fraction of sp³-hybridized carbons (Fsp3) is 0.308. The first-order chi connectivity index (χ1) is 16.9. The molecular formula is C26H27Cl2N3O3S. The molecule has 0 saturated carbocycles. The Morgan fingerprint density at radius 3 is 2.43 bits per heavy atom. The maximum Gasteiger partial charge on any atom is 0.257 e. The van der Waals surface area contributed by atoms with E-state index in [9.17, 15) is 13.8 Å². The quantitative estimate of drug-likeness (QED) is 0.404. The van der Waals surface area contributed by atoms with Gasteiger partial charge in [0.1, 0.15) is 11.0 Å². The maximum atomic E-state index is 13.3. The van der Waals surface area contributed by atoms with E-state index < -0.39 is 11.0 Å². The van der Waals surface area contributed by atoms with Gasteiger partial charge in [-0.3, -0.25) is 9.59 Å². The van der Waals surface area contributed by atoms with Crippen LogP contribution in [0.1, 0.15) is 43.0 Å². The number of rotatable bonds is 7. The van der Waals surface area contributed by atoms with Crippen LogP contribution in [-0.4, -0.2) is 40.1 Å². The van der Waals surface area contributed by atoms with Gasteiger partial charge in [-0.25, -0.2) is 8.93 Å². The molecule has 1 saturated heterocycles. The number of likely N-dealkylation sites (tertiary alicyclic amines) is 1. The third-order valence-corrected chi connectivity index (χ3v) is 7.94. The first kappa shape index (κ1) is 25.6. The number of benzene rings is 3. The Balaban J connectivity index is 1.49. The summed E-state index contributed by atoms with van der Waals surface area (Å²) in [6.07, 6.45) is 2.94. The molecule has 0 aromatic heterocycles. The van der Waals surface area contributed by atoms with Crippen LogP contribution in [0.25, 0.3) is 10.8 Å². The van der Waals surface area contributed by atoms with Crippen LogP contribution in [0.2, 0.25) is 10.0 Å². The SMILES string of the molecule is CCCC(=O)N1CCC(NS(=O)c2ccc(NC(=O)c3ccc(Cl)cc3Cl)c3ccccc23)CC1. The third kappa shape index (κ3) is 6.04. The topological polar surface area (TPSA) is 78.5 Å². The van der Waals surface area contributed by atoms with Gasteiger partial charge in [0, 0.05) is 47.0 Å². The summed E-state index contributed by atoms with van der Waals surface area (Å²) in [7, 11) is -1.45. The second-order valence-electron chi connectivity index (χ2n) is 8.53. The molecule has 0 spiro atoms. The van der Waals surface area contributed by atoms with Gasteiger partial charge in [-0.2, -0.15) is 0 Å². The van der Waals surface area contributed by atoms with E-state index in [4.69, 9.17) is 23.2 Å². The molecule has 184 valence electrons. The Morgan fingerprint density at radius 1 is 1.03 bits per heavy atom. The van der Waals surface area contributed by atoms with Gasteiger partial charge in [-0.05, 0) is 49.6 Å². The minimum absolute atomic E-state index is 0.0618. The number of anilines is 1. The van der Waals surface area contributed by atoms with Gasteiger partial charge in [-0.1, -0.05) is 54.4 Å². The van der Waals surface area contributed by atoms with E-state index in [2.05, 4.69) is 10.0 Å². The summed E-state index contributed by atoms with van der Waals surface area (Å²) in [5.74, 6) is -0.163. The molecule has 2 N–H and O–H groups in total. The Kier molecular flexibility index (Phi) is 8.44. The Morgan fingerprint density at radius 2 is 1.74 bits per heavy atom. The molecule has 1 atom stereocenters. The van der Waals surface area contributed by atoms with Crippen LogP contribution < -0.4 is 10.0 Å². The standard InChI is InChI=1S/C26H27Cl2N3O3S/c1-2-5-25(32)31-14-12-18(13-15-31)30-35(34)24-11-10-23(19-6-3-4-7-20(19)24)29-26(33)21-9-8-17(27)16-22(21)28/h3-4,6-11,16,18,30H,2,5,12-15H2,1H3,(H,29,33). The first-order valence-electron chi connectivity index (χ1n) is 11.6. The van der Waals surface area contributed by atoms with E-state index in [-0.39, 0.29) is 22.9 Å². The molecule has 0 radical (unpaired) electrons. The number of hydrogen-bond acceptors (Lipinski definition) is 3. The normalized spacial score (nSPS) is 15.2. The maximum absolute atomic E-state index is 13.3. The zero-order valence-electron chi connectivity index (χ0n) is 19.4. The van der Waals surface area contributed by atoms with Crippen molar-refractivity contribution in [2.24, 2.45) is 0 Å². The van der Waals surface area contributed by atoms with Crippen molar-refractivity contribution in [1.82, 2.24) is 9.62 Å². The second-order valence-corrected chi connectivity index (χ2v) is 10.6. The molecular weight excluding hydrogens is 505 g/mol. The van der Waals surface area contributed by atoms with Gasteiger partial charge in [0.25, 0.3) is 5.91 Å². The highest BCUT2D eigenvalue weighted by molar-refractivity contribution is 7.83. The summed E-state index contributed by atoms with van der Waals surface area (Å²) in [6, 6.07) is 15.8. The van der Waals surface area contributed by atoms with Crippen molar-refractivity contribution in [1.29, 1.82) is 0 Å². The van der Waals surface area contributed by atoms with E-state index in [0.717, 1.165) is 30.0 Å². The molecule has 1 fully saturated rings. The molecule has 35 heavy (non-hydrogen) atoms. The number of carbonyl (C=O) groups excluding carboxylic acids is 2. The fourth-order valence-corrected chi connectivity index (χ4v) is 5.97. The monoisotopic (exact) mass is 531 g/mol. The van der Waals surface area contributed by atoms with Crippen molar-refractivity contribution in [2.75, 3.05) is 18.4 Å². The van der Waals surface area contributed by atoms with Crippen LogP contribution in [0.5, 0.6) is 0 Å². The summed E-state index contributed by atoms with van der Waals surface area (Å²) < 4.78 is 16.5. The lowest BCUT2D eigenvalue weighted by atomic mass is 10.1. The molecule has 2 amide bonds. The molecule has 1 aliphatic rings. The lowest BCUT2D eigenvalue weighted by Gasteiger charge is -2.32. The summed E-state index contributed by atoms with van der Waals surface area (Å²) in [4.78, 5) is 27.5. The number of hydrogen-bond donors (Lipinski definition) is 2. The van der Waals surface area contributed by atoms with Crippen LogP contribution in [0.3, 0.4) is 0 Å². The molecule has 1 heterocycles. The number of halogens is 2. The number of fused-ring (bicyclic) bond motifs is 1. The lowest BCUT2D eigenvalue weighted by molar-refractivity contribution is -0.132. The zero-order valence-corrected chi connectivity index (χ0v) is 21.7. The highest BCUT2D eigenvalue weighted by Gasteiger charge is 2.24. The molecule has 0 bridgehead atoms. The largest absolute Gasteiger partial charge is 0.343 e. The van der Waals surface area contributed by atoms with Crippen molar-refractivity contribution in [2.45, 2.75) is 43.5 Å². The van der Waals surface area contributed by atoms with E-state index >= 15 is 0 Å². The summed E-state index contributed by atoms with van der Waals surface area (Å²) in [6.45, 7) is 3.35. The minimum Gasteiger partial charge on any atom is -0.343 e. The van der Waals surface area contributed by atoms with Gasteiger partial charge >= 0.3 is 0 Å². The average Bonchev–Trinajstić information content (AvgIpc) is 2.84. The summed E-state index contributed by atoms with van der Waals surface area (Å²) in [5.41, 5.74) is 0.915. The zero-order chi connectivity index (χ0) is 24.9. The molecule has 0 aliphatic carbocycles. The predicted octanol–water partition coefficient (Wildman–Crippen LogP) is 5.80. The molecule has 1 unspecified atom stereocenters. The van der Waals surface area contributed by atoms with Gasteiger partial charge in [-0.15, -0.1) is 0 Å². The van der Waals surface area contributed by atoms with Crippen LogP contribution in [0.15, 0.2) is 59.5 Å². The van der Waals surface area contributed by atoms with Crippen molar-refractivity contribution in [3.05, 3.63) is 70.2 Å².